The molecule has 5 heterocycles. The fourth-order valence-corrected chi connectivity index (χ4v) is 5.74. The van der Waals surface area contributed by atoms with E-state index < -0.39 is 0 Å². The van der Waals surface area contributed by atoms with Crippen LogP contribution in [0, 0.1) is 29.6 Å². The second kappa shape index (κ2) is 15.7. The zero-order valence-corrected chi connectivity index (χ0v) is 22.9. The molecule has 2 saturated carbocycles. The smallest absolute Gasteiger partial charge is 0.00791 e. The van der Waals surface area contributed by atoms with Crippen LogP contribution in [-0.2, 0) is 0 Å². The number of hydrogen-bond donors (Lipinski definition) is 1. The van der Waals surface area contributed by atoms with Crippen molar-refractivity contribution in [1.82, 2.24) is 15.1 Å². The van der Waals surface area contributed by atoms with Gasteiger partial charge in [0, 0.05) is 38.3 Å². The van der Waals surface area contributed by atoms with Crippen molar-refractivity contribution in [1.29, 1.82) is 0 Å². The SMILES string of the molecule is CC.CC.CC(C)N1CC2CC(C2)C1.CC1C2CC1CN(C)C2.CCCCC1CCN1. The van der Waals surface area contributed by atoms with Crippen molar-refractivity contribution in [2.75, 3.05) is 39.8 Å². The molecule has 5 aliphatic heterocycles. The van der Waals surface area contributed by atoms with E-state index in [4.69, 9.17) is 0 Å². The van der Waals surface area contributed by atoms with Gasteiger partial charge in [-0.2, -0.15) is 0 Å². The summed E-state index contributed by atoms with van der Waals surface area (Å²) < 4.78 is 0. The maximum Gasteiger partial charge on any atom is 0.00791 e. The lowest BCUT2D eigenvalue weighted by Gasteiger charge is -2.51. The Morgan fingerprint density at radius 3 is 1.68 bits per heavy atom. The van der Waals surface area contributed by atoms with Crippen LogP contribution >= 0.6 is 0 Å². The van der Waals surface area contributed by atoms with Crippen LogP contribution < -0.4 is 5.32 Å². The van der Waals surface area contributed by atoms with Crippen molar-refractivity contribution >= 4 is 0 Å². The largest absolute Gasteiger partial charge is 0.314 e. The number of rotatable bonds is 4. The third-order valence-corrected chi connectivity index (χ3v) is 8.07. The highest BCUT2D eigenvalue weighted by Gasteiger charge is 2.42. The van der Waals surface area contributed by atoms with Gasteiger partial charge in [-0.05, 0) is 89.1 Å². The van der Waals surface area contributed by atoms with E-state index in [1.54, 1.807) is 0 Å². The van der Waals surface area contributed by atoms with E-state index in [9.17, 15) is 0 Å². The van der Waals surface area contributed by atoms with Crippen LogP contribution in [0.5, 0.6) is 0 Å². The van der Waals surface area contributed by atoms with Gasteiger partial charge in [0.15, 0.2) is 0 Å². The molecule has 7 aliphatic rings. The summed E-state index contributed by atoms with van der Waals surface area (Å²) in [4.78, 5) is 5.10. The summed E-state index contributed by atoms with van der Waals surface area (Å²) >= 11 is 0. The Balaban J connectivity index is 0.000000216. The number of nitrogens with one attached hydrogen (secondary N) is 1. The van der Waals surface area contributed by atoms with Gasteiger partial charge in [-0.15, -0.1) is 0 Å². The summed E-state index contributed by atoms with van der Waals surface area (Å²) in [5.74, 6) is 5.28. The van der Waals surface area contributed by atoms with E-state index in [0.717, 1.165) is 41.7 Å². The first kappa shape index (κ1) is 28.9. The molecular weight excluding hydrogens is 378 g/mol. The quantitative estimate of drug-likeness (QED) is 0.539. The molecule has 3 unspecified atom stereocenters. The fourth-order valence-electron chi connectivity index (χ4n) is 5.74. The Morgan fingerprint density at radius 2 is 1.39 bits per heavy atom. The molecule has 0 spiro atoms. The van der Waals surface area contributed by atoms with Crippen molar-refractivity contribution in [3.63, 3.8) is 0 Å². The summed E-state index contributed by atoms with van der Waals surface area (Å²) in [6.45, 7) is 24.0. The Morgan fingerprint density at radius 1 is 0.871 bits per heavy atom. The van der Waals surface area contributed by atoms with Gasteiger partial charge in [0.05, 0.1) is 0 Å². The van der Waals surface area contributed by atoms with Crippen molar-refractivity contribution in [3.8, 4) is 0 Å². The average molecular weight is 438 g/mol. The number of hydrogen-bond acceptors (Lipinski definition) is 3. The zero-order valence-electron chi connectivity index (χ0n) is 22.9. The Bertz CT molecular complexity index is 406. The van der Waals surface area contributed by atoms with Crippen LogP contribution in [0.3, 0.4) is 0 Å². The summed E-state index contributed by atoms with van der Waals surface area (Å²) in [6, 6.07) is 1.67. The van der Waals surface area contributed by atoms with Gasteiger partial charge < -0.3 is 15.1 Å². The molecule has 0 aromatic carbocycles. The summed E-state index contributed by atoms with van der Waals surface area (Å²) in [5, 5.41) is 3.38. The molecule has 7 rings (SSSR count). The fraction of sp³-hybridized carbons (Fsp3) is 1.00. The maximum absolute atomic E-state index is 3.38. The molecule has 5 saturated heterocycles. The number of fused-ring (bicyclic) bond motifs is 4. The van der Waals surface area contributed by atoms with Gasteiger partial charge in [0.25, 0.3) is 0 Å². The summed E-state index contributed by atoms with van der Waals surface area (Å²) in [5.41, 5.74) is 0. The monoisotopic (exact) mass is 437 g/mol. The zero-order chi connectivity index (χ0) is 23.4. The number of unbranched alkanes of at least 4 members (excludes halogenated alkanes) is 1. The average Bonchev–Trinajstić information content (AvgIpc) is 2.76. The first-order valence-electron chi connectivity index (χ1n) is 14.1. The van der Waals surface area contributed by atoms with Crippen LogP contribution in [-0.4, -0.2) is 61.7 Å². The molecular formula is C28H59N3. The highest BCUT2D eigenvalue weighted by molar-refractivity contribution is 4.93. The van der Waals surface area contributed by atoms with Crippen LogP contribution in [0.15, 0.2) is 0 Å². The Kier molecular flexibility index (Phi) is 14.6. The third kappa shape index (κ3) is 9.33. The van der Waals surface area contributed by atoms with E-state index >= 15 is 0 Å². The third-order valence-electron chi connectivity index (χ3n) is 8.07. The minimum Gasteiger partial charge on any atom is -0.314 e. The molecule has 31 heavy (non-hydrogen) atoms. The second-order valence-corrected chi connectivity index (χ2v) is 10.7. The van der Waals surface area contributed by atoms with Gasteiger partial charge in [0.1, 0.15) is 0 Å². The predicted molar refractivity (Wildman–Crippen MR) is 140 cm³/mol. The topological polar surface area (TPSA) is 18.5 Å². The van der Waals surface area contributed by atoms with E-state index in [0.29, 0.717) is 0 Å². The molecule has 3 heteroatoms. The van der Waals surface area contributed by atoms with Crippen LogP contribution in [0.2, 0.25) is 0 Å². The normalized spacial score (nSPS) is 35.0. The maximum atomic E-state index is 3.38. The molecule has 0 aromatic rings. The molecule has 3 atom stereocenters. The minimum absolute atomic E-state index is 0.783. The van der Waals surface area contributed by atoms with Crippen molar-refractivity contribution in [2.24, 2.45) is 29.6 Å². The molecule has 4 bridgehead atoms. The van der Waals surface area contributed by atoms with Gasteiger partial charge in [-0.1, -0.05) is 54.4 Å². The highest BCUT2D eigenvalue weighted by atomic mass is 15.2. The molecule has 1 N–H and O–H groups in total. The van der Waals surface area contributed by atoms with Gasteiger partial charge >= 0.3 is 0 Å². The predicted octanol–water partition coefficient (Wildman–Crippen LogP) is 6.53. The van der Waals surface area contributed by atoms with Crippen molar-refractivity contribution in [2.45, 2.75) is 112 Å². The molecule has 0 radical (unpaired) electrons. The van der Waals surface area contributed by atoms with E-state index in [2.05, 4.69) is 49.9 Å². The number of piperidine rings is 4. The highest BCUT2D eigenvalue weighted by Crippen LogP contribution is 2.44. The van der Waals surface area contributed by atoms with Crippen LogP contribution in [0.25, 0.3) is 0 Å². The lowest BCUT2D eigenvalue weighted by Crippen LogP contribution is -2.52. The van der Waals surface area contributed by atoms with Crippen LogP contribution in [0.4, 0.5) is 0 Å². The van der Waals surface area contributed by atoms with Gasteiger partial charge in [-0.25, -0.2) is 0 Å². The lowest BCUT2D eigenvalue weighted by molar-refractivity contribution is -0.0212. The molecule has 3 nitrogen and oxygen atoms in total. The molecule has 7 fully saturated rings. The minimum atomic E-state index is 0.783. The number of nitrogens with zero attached hydrogens (tertiary/aromatic N) is 2. The van der Waals surface area contributed by atoms with E-state index in [-0.39, 0.29) is 0 Å². The van der Waals surface area contributed by atoms with Crippen LogP contribution in [0.1, 0.15) is 100 Å². The van der Waals surface area contributed by atoms with Gasteiger partial charge in [-0.3, -0.25) is 0 Å². The van der Waals surface area contributed by atoms with E-state index in [1.807, 2.05) is 27.7 Å². The standard InChI is InChI=1S/C9H17N.C8H15N.C7H15N.2C2H6/c1-7(2)10-5-8-3-9(4-8)6-10;1-6-7-3-8(6)5-9(2)4-7;1-2-3-4-7-5-6-8-7;2*1-2/h7-9H,3-6H2,1-2H3;6-8H,3-5H2,1-2H3;7-8H,2-6H2,1H3;2*1-2H3. The summed E-state index contributed by atoms with van der Waals surface area (Å²) in [6.07, 6.45) is 10.1. The molecule has 186 valence electrons. The molecule has 0 amide bonds. The van der Waals surface area contributed by atoms with E-state index in [1.165, 1.54) is 77.7 Å². The molecule has 0 aromatic heterocycles. The Hall–Kier alpha value is -0.120. The lowest BCUT2D eigenvalue weighted by atomic mass is 9.63. The van der Waals surface area contributed by atoms with Crippen molar-refractivity contribution < 1.29 is 0 Å². The van der Waals surface area contributed by atoms with Crippen molar-refractivity contribution in [3.05, 3.63) is 0 Å². The second-order valence-electron chi connectivity index (χ2n) is 10.7. The first-order valence-corrected chi connectivity index (χ1v) is 14.1. The first-order chi connectivity index (χ1) is 15.0. The van der Waals surface area contributed by atoms with Gasteiger partial charge in [0.2, 0.25) is 0 Å². The summed E-state index contributed by atoms with van der Waals surface area (Å²) in [7, 11) is 2.24. The molecule has 2 aliphatic carbocycles. The Labute approximate surface area is 197 Å².